The molecule has 2 aromatic heterocycles. The standard InChI is InChI=1S/C23H21ClN4O2/c24-15-4-5-19-17(10-15)18(11-25-19)14-6-8-27(9-7-14)12-16-13-30-21-3-1-2-20-22(21)28(16)23(29)26-20/h1-6,10-11,16,25H,7-9,12-13H2,(H,26,29). The topological polar surface area (TPSA) is 66.0 Å². The molecule has 2 aliphatic rings. The van der Waals surface area contributed by atoms with Crippen molar-refractivity contribution in [3.63, 3.8) is 0 Å². The summed E-state index contributed by atoms with van der Waals surface area (Å²) in [5, 5.41) is 1.92. The van der Waals surface area contributed by atoms with Crippen LogP contribution in [0.2, 0.25) is 5.02 Å². The highest BCUT2D eigenvalue weighted by Gasteiger charge is 2.27. The molecule has 1 atom stereocenters. The number of halogens is 1. The van der Waals surface area contributed by atoms with Crippen molar-refractivity contribution in [2.75, 3.05) is 26.2 Å². The number of ether oxygens (including phenoxy) is 1. The average Bonchev–Trinajstić information content (AvgIpc) is 3.32. The van der Waals surface area contributed by atoms with Gasteiger partial charge in [-0.25, -0.2) is 4.79 Å². The molecule has 2 aliphatic heterocycles. The van der Waals surface area contributed by atoms with Crippen molar-refractivity contribution < 1.29 is 4.74 Å². The van der Waals surface area contributed by atoms with Crippen molar-refractivity contribution in [2.24, 2.45) is 0 Å². The van der Waals surface area contributed by atoms with E-state index < -0.39 is 0 Å². The highest BCUT2D eigenvalue weighted by atomic mass is 35.5. The highest BCUT2D eigenvalue weighted by Crippen LogP contribution is 2.33. The smallest absolute Gasteiger partial charge is 0.326 e. The fourth-order valence-corrected chi connectivity index (χ4v) is 4.96. The summed E-state index contributed by atoms with van der Waals surface area (Å²) in [7, 11) is 0. The van der Waals surface area contributed by atoms with Gasteiger partial charge in [0, 0.05) is 47.3 Å². The Balaban J connectivity index is 1.25. The van der Waals surface area contributed by atoms with Crippen LogP contribution in [-0.2, 0) is 0 Å². The minimum absolute atomic E-state index is 0.00277. The lowest BCUT2D eigenvalue weighted by atomic mass is 9.98. The quantitative estimate of drug-likeness (QED) is 0.522. The molecule has 6 nitrogen and oxygen atoms in total. The molecule has 2 N–H and O–H groups in total. The lowest BCUT2D eigenvalue weighted by Crippen LogP contribution is -2.40. The number of para-hydroxylation sites is 1. The van der Waals surface area contributed by atoms with Gasteiger partial charge < -0.3 is 14.7 Å². The average molecular weight is 421 g/mol. The number of nitrogens with one attached hydrogen (secondary N) is 2. The number of rotatable bonds is 3. The van der Waals surface area contributed by atoms with Crippen LogP contribution < -0.4 is 10.4 Å². The van der Waals surface area contributed by atoms with Crippen molar-refractivity contribution in [3.05, 3.63) is 69.7 Å². The molecule has 0 amide bonds. The third-order valence-electron chi connectivity index (χ3n) is 6.25. The summed E-state index contributed by atoms with van der Waals surface area (Å²) < 4.78 is 7.83. The fraction of sp³-hybridized carbons (Fsp3) is 0.261. The molecule has 6 rings (SSSR count). The van der Waals surface area contributed by atoms with Gasteiger partial charge in [-0.15, -0.1) is 0 Å². The van der Waals surface area contributed by atoms with E-state index in [2.05, 4.69) is 27.1 Å². The van der Waals surface area contributed by atoms with Gasteiger partial charge in [-0.05, 0) is 42.3 Å². The zero-order valence-electron chi connectivity index (χ0n) is 16.3. The maximum atomic E-state index is 12.6. The van der Waals surface area contributed by atoms with Crippen molar-refractivity contribution >= 4 is 39.1 Å². The van der Waals surface area contributed by atoms with E-state index in [9.17, 15) is 4.79 Å². The SMILES string of the molecule is O=c1[nH]c2cccc3c2n1C(CN1CC=C(c2c[nH]c4ccc(Cl)cc24)CC1)CO3. The molecule has 0 radical (unpaired) electrons. The van der Waals surface area contributed by atoms with Gasteiger partial charge >= 0.3 is 5.69 Å². The summed E-state index contributed by atoms with van der Waals surface area (Å²) in [4.78, 5) is 21.3. The molecule has 7 heteroatoms. The molecule has 2 aromatic carbocycles. The van der Waals surface area contributed by atoms with Crippen molar-refractivity contribution in [1.82, 2.24) is 19.4 Å². The van der Waals surface area contributed by atoms with Crippen LogP contribution in [0.25, 0.3) is 27.5 Å². The van der Waals surface area contributed by atoms with Crippen LogP contribution in [0, 0.1) is 0 Å². The predicted molar refractivity (Wildman–Crippen MR) is 119 cm³/mol. The molecule has 0 saturated carbocycles. The van der Waals surface area contributed by atoms with Crippen LogP contribution in [0.3, 0.4) is 0 Å². The number of H-pyrrole nitrogens is 2. The number of hydrogen-bond acceptors (Lipinski definition) is 3. The molecular weight excluding hydrogens is 400 g/mol. The summed E-state index contributed by atoms with van der Waals surface area (Å²) >= 11 is 6.21. The first-order chi connectivity index (χ1) is 14.7. The minimum atomic E-state index is -0.0605. The van der Waals surface area contributed by atoms with E-state index in [0.717, 1.165) is 53.4 Å². The Morgan fingerprint density at radius 2 is 2.13 bits per heavy atom. The van der Waals surface area contributed by atoms with Crippen LogP contribution >= 0.6 is 11.6 Å². The van der Waals surface area contributed by atoms with Gasteiger partial charge in [0.05, 0.1) is 11.6 Å². The number of imidazole rings is 1. The van der Waals surface area contributed by atoms with Gasteiger partial charge in [-0.2, -0.15) is 0 Å². The maximum Gasteiger partial charge on any atom is 0.326 e. The largest absolute Gasteiger partial charge is 0.489 e. The predicted octanol–water partition coefficient (Wildman–Crippen LogP) is 4.19. The third kappa shape index (κ3) is 2.79. The zero-order chi connectivity index (χ0) is 20.2. The number of benzene rings is 2. The van der Waals surface area contributed by atoms with E-state index in [1.165, 1.54) is 16.5 Å². The number of hydrogen-bond donors (Lipinski definition) is 2. The first-order valence-corrected chi connectivity index (χ1v) is 10.6. The van der Waals surface area contributed by atoms with Crippen LogP contribution in [0.5, 0.6) is 5.75 Å². The van der Waals surface area contributed by atoms with Crippen LogP contribution in [0.4, 0.5) is 0 Å². The molecular formula is C23H21ClN4O2. The Bertz CT molecular complexity index is 1360. The molecule has 0 aliphatic carbocycles. The summed E-state index contributed by atoms with van der Waals surface area (Å²) in [6, 6.07) is 11.7. The number of aromatic amines is 2. The monoisotopic (exact) mass is 420 g/mol. The number of fused-ring (bicyclic) bond motifs is 1. The number of aromatic nitrogens is 3. The molecule has 4 heterocycles. The molecule has 0 bridgehead atoms. The van der Waals surface area contributed by atoms with Gasteiger partial charge in [-0.3, -0.25) is 9.47 Å². The lowest BCUT2D eigenvalue weighted by molar-refractivity contribution is 0.176. The minimum Gasteiger partial charge on any atom is -0.489 e. The second kappa shape index (κ2) is 6.79. The highest BCUT2D eigenvalue weighted by molar-refractivity contribution is 6.31. The summed E-state index contributed by atoms with van der Waals surface area (Å²) in [5.41, 5.74) is 5.32. The Morgan fingerprint density at radius 3 is 3.00 bits per heavy atom. The molecule has 1 unspecified atom stereocenters. The molecule has 0 fully saturated rings. The fourth-order valence-electron chi connectivity index (χ4n) is 4.79. The molecule has 4 aromatic rings. The van der Waals surface area contributed by atoms with Gasteiger partial charge in [-0.1, -0.05) is 23.7 Å². The van der Waals surface area contributed by atoms with Crippen molar-refractivity contribution in [1.29, 1.82) is 0 Å². The first kappa shape index (κ1) is 17.9. The Kier molecular flexibility index (Phi) is 4.04. The van der Waals surface area contributed by atoms with E-state index in [1.54, 1.807) is 0 Å². The van der Waals surface area contributed by atoms with E-state index in [4.69, 9.17) is 16.3 Å². The zero-order valence-corrected chi connectivity index (χ0v) is 17.1. The summed E-state index contributed by atoms with van der Waals surface area (Å²) in [6.07, 6.45) is 5.33. The second-order valence-electron chi connectivity index (χ2n) is 8.05. The molecule has 152 valence electrons. The van der Waals surface area contributed by atoms with Gasteiger partial charge in [0.25, 0.3) is 0 Å². The normalized spacial score (nSPS) is 19.2. The van der Waals surface area contributed by atoms with E-state index in [0.29, 0.717) is 6.61 Å². The van der Waals surface area contributed by atoms with Crippen LogP contribution in [0.1, 0.15) is 18.0 Å². The second-order valence-corrected chi connectivity index (χ2v) is 8.48. The van der Waals surface area contributed by atoms with Crippen molar-refractivity contribution in [2.45, 2.75) is 12.5 Å². The number of nitrogens with zero attached hydrogens (tertiary/aromatic N) is 2. The van der Waals surface area contributed by atoms with Crippen LogP contribution in [-0.4, -0.2) is 45.7 Å². The van der Waals surface area contributed by atoms with E-state index in [1.807, 2.05) is 41.0 Å². The Morgan fingerprint density at radius 1 is 1.20 bits per heavy atom. The molecule has 30 heavy (non-hydrogen) atoms. The Hall–Kier alpha value is -2.96. The Labute approximate surface area is 177 Å². The van der Waals surface area contributed by atoms with Gasteiger partial charge in [0.1, 0.15) is 17.9 Å². The first-order valence-electron chi connectivity index (χ1n) is 10.2. The van der Waals surface area contributed by atoms with E-state index >= 15 is 0 Å². The van der Waals surface area contributed by atoms with Crippen molar-refractivity contribution in [3.8, 4) is 5.75 Å². The van der Waals surface area contributed by atoms with E-state index in [-0.39, 0.29) is 11.7 Å². The maximum absolute atomic E-state index is 12.6. The summed E-state index contributed by atoms with van der Waals surface area (Å²) in [5.74, 6) is 0.779. The van der Waals surface area contributed by atoms with Crippen LogP contribution in [0.15, 0.2) is 53.5 Å². The lowest BCUT2D eigenvalue weighted by Gasteiger charge is -2.32. The molecule has 0 spiro atoms. The van der Waals surface area contributed by atoms with Gasteiger partial charge in [0.2, 0.25) is 0 Å². The van der Waals surface area contributed by atoms with Gasteiger partial charge in [0.15, 0.2) is 0 Å². The third-order valence-corrected chi connectivity index (χ3v) is 6.48. The molecule has 0 saturated heterocycles. The summed E-state index contributed by atoms with van der Waals surface area (Å²) in [6.45, 7) is 3.09.